The van der Waals surface area contributed by atoms with Crippen molar-refractivity contribution in [2.24, 2.45) is 0 Å². The molecule has 0 aromatic carbocycles. The van der Waals surface area contributed by atoms with Gasteiger partial charge in [-0.25, -0.2) is 0 Å². The molecule has 200 valence electrons. The zero-order valence-electron chi connectivity index (χ0n) is 22.1. The average molecular weight is 474 g/mol. The van der Waals surface area contributed by atoms with Gasteiger partial charge in [-0.1, -0.05) is 135 Å². The number of aliphatic hydroxyl groups excluding tert-OH is 2. The Morgan fingerprint density at radius 2 is 0.788 bits per heavy atom. The molecule has 0 unspecified atom stereocenters. The molecule has 33 heavy (non-hydrogen) atoms. The molecular weight excluding hydrogens is 414 g/mol. The highest BCUT2D eigenvalue weighted by atomic mass is 16.4. The second kappa shape index (κ2) is 33.5. The largest absolute Gasteiger partial charge is 0.481 e. The zero-order valence-corrected chi connectivity index (χ0v) is 22.1. The van der Waals surface area contributed by atoms with E-state index in [0.29, 0.717) is 19.5 Å². The van der Waals surface area contributed by atoms with Gasteiger partial charge in [0.05, 0.1) is 13.2 Å². The standard InChI is InChI=1S/C24H48O2.C4H11NO2/c1-2-3-4-5-6-7-8-9-10-11-12-13-14-15-16-17-18-19-20-21-22-23-24(25)26;6-3-1-5-2-4-7/h2-23H2,1H3,(H,25,26);5-7H,1-4H2. The highest BCUT2D eigenvalue weighted by Crippen LogP contribution is 2.15. The van der Waals surface area contributed by atoms with Crippen LogP contribution in [-0.4, -0.2) is 47.6 Å². The Morgan fingerprint density at radius 3 is 1.03 bits per heavy atom. The SMILES string of the molecule is CCCCCCCCCCCCCCCCCCCCCCCC(=O)O.OCCNCCO. The Bertz CT molecular complexity index is 349. The molecule has 4 N–H and O–H groups in total. The summed E-state index contributed by atoms with van der Waals surface area (Å²) >= 11 is 0. The molecule has 0 saturated carbocycles. The molecule has 0 aromatic heterocycles. The topological polar surface area (TPSA) is 89.8 Å². The molecule has 0 aliphatic carbocycles. The minimum atomic E-state index is -0.650. The normalized spacial score (nSPS) is 10.8. The van der Waals surface area contributed by atoms with Gasteiger partial charge < -0.3 is 20.6 Å². The first kappa shape index (κ1) is 34.5. The van der Waals surface area contributed by atoms with Crippen molar-refractivity contribution in [3.63, 3.8) is 0 Å². The van der Waals surface area contributed by atoms with Crippen LogP contribution in [0.1, 0.15) is 148 Å². The van der Waals surface area contributed by atoms with Crippen molar-refractivity contribution < 1.29 is 20.1 Å². The van der Waals surface area contributed by atoms with Gasteiger partial charge in [-0.05, 0) is 6.42 Å². The van der Waals surface area contributed by atoms with E-state index in [9.17, 15) is 4.79 Å². The van der Waals surface area contributed by atoms with Crippen LogP contribution in [0.25, 0.3) is 0 Å². The van der Waals surface area contributed by atoms with Gasteiger partial charge in [0.1, 0.15) is 0 Å². The lowest BCUT2D eigenvalue weighted by molar-refractivity contribution is -0.137. The Labute approximate surface area is 206 Å². The average Bonchev–Trinajstić information content (AvgIpc) is 2.80. The molecule has 0 spiro atoms. The summed E-state index contributed by atoms with van der Waals surface area (Å²) in [4.78, 5) is 10.4. The highest BCUT2D eigenvalue weighted by Gasteiger charge is 1.97. The molecule has 5 heteroatoms. The first-order chi connectivity index (χ1) is 16.2. The quantitative estimate of drug-likeness (QED) is 0.0995. The summed E-state index contributed by atoms with van der Waals surface area (Å²) in [5.41, 5.74) is 0. The molecule has 0 bridgehead atoms. The summed E-state index contributed by atoms with van der Waals surface area (Å²) in [6.07, 6.45) is 29.1. The van der Waals surface area contributed by atoms with E-state index in [4.69, 9.17) is 15.3 Å². The molecule has 0 aromatic rings. The number of carboxylic acid groups (broad SMARTS) is 1. The predicted molar refractivity (Wildman–Crippen MR) is 142 cm³/mol. The molecule has 0 aliphatic rings. The van der Waals surface area contributed by atoms with Crippen molar-refractivity contribution in [2.75, 3.05) is 26.3 Å². The van der Waals surface area contributed by atoms with E-state index in [2.05, 4.69) is 12.2 Å². The lowest BCUT2D eigenvalue weighted by Crippen LogP contribution is -2.21. The number of aliphatic hydroxyl groups is 2. The van der Waals surface area contributed by atoms with E-state index < -0.39 is 5.97 Å². The van der Waals surface area contributed by atoms with E-state index in [-0.39, 0.29) is 13.2 Å². The summed E-state index contributed by atoms with van der Waals surface area (Å²) in [5, 5.41) is 27.7. The van der Waals surface area contributed by atoms with Crippen LogP contribution in [0.5, 0.6) is 0 Å². The lowest BCUT2D eigenvalue weighted by Gasteiger charge is -2.04. The van der Waals surface area contributed by atoms with Gasteiger partial charge in [-0.15, -0.1) is 0 Å². The number of aliphatic carboxylic acids is 1. The fourth-order valence-corrected chi connectivity index (χ4v) is 3.99. The minimum absolute atomic E-state index is 0.139. The maximum Gasteiger partial charge on any atom is 0.303 e. The Morgan fingerprint density at radius 1 is 0.515 bits per heavy atom. The first-order valence-corrected chi connectivity index (χ1v) is 14.3. The maximum atomic E-state index is 10.4. The van der Waals surface area contributed by atoms with Gasteiger partial charge in [0, 0.05) is 19.5 Å². The molecule has 0 atom stereocenters. The van der Waals surface area contributed by atoms with E-state index in [1.807, 2.05) is 0 Å². The summed E-state index contributed by atoms with van der Waals surface area (Å²) in [7, 11) is 0. The third-order valence-electron chi connectivity index (χ3n) is 6.07. The third kappa shape index (κ3) is 38.9. The number of unbranched alkanes of at least 4 members (excludes halogenated alkanes) is 20. The van der Waals surface area contributed by atoms with Crippen LogP contribution in [0, 0.1) is 0 Å². The molecule has 5 nitrogen and oxygen atoms in total. The molecule has 0 rings (SSSR count). The van der Waals surface area contributed by atoms with Crippen molar-refractivity contribution in [3.8, 4) is 0 Å². The van der Waals surface area contributed by atoms with Crippen LogP contribution < -0.4 is 5.32 Å². The van der Waals surface area contributed by atoms with Gasteiger partial charge in [-0.3, -0.25) is 4.79 Å². The molecule has 0 fully saturated rings. The van der Waals surface area contributed by atoms with Gasteiger partial charge in [-0.2, -0.15) is 0 Å². The minimum Gasteiger partial charge on any atom is -0.481 e. The van der Waals surface area contributed by atoms with Crippen LogP contribution in [-0.2, 0) is 4.79 Å². The monoisotopic (exact) mass is 473 g/mol. The number of rotatable bonds is 26. The van der Waals surface area contributed by atoms with E-state index in [1.165, 1.54) is 122 Å². The van der Waals surface area contributed by atoms with Gasteiger partial charge in [0.2, 0.25) is 0 Å². The third-order valence-corrected chi connectivity index (χ3v) is 6.07. The van der Waals surface area contributed by atoms with Gasteiger partial charge in [0.15, 0.2) is 0 Å². The maximum absolute atomic E-state index is 10.4. The van der Waals surface area contributed by atoms with Crippen LogP contribution in [0.4, 0.5) is 0 Å². The summed E-state index contributed by atoms with van der Waals surface area (Å²) in [6, 6.07) is 0. The molecular formula is C28H59NO4. The number of carbonyl (C=O) groups is 1. The zero-order chi connectivity index (χ0) is 24.7. The van der Waals surface area contributed by atoms with Gasteiger partial charge in [0.25, 0.3) is 0 Å². The molecule has 0 radical (unpaired) electrons. The van der Waals surface area contributed by atoms with Gasteiger partial charge >= 0.3 is 5.97 Å². The molecule has 0 aliphatic heterocycles. The van der Waals surface area contributed by atoms with Crippen LogP contribution in [0.2, 0.25) is 0 Å². The van der Waals surface area contributed by atoms with Crippen LogP contribution in [0.15, 0.2) is 0 Å². The van der Waals surface area contributed by atoms with Crippen molar-refractivity contribution in [1.82, 2.24) is 5.32 Å². The van der Waals surface area contributed by atoms with Crippen LogP contribution in [0.3, 0.4) is 0 Å². The van der Waals surface area contributed by atoms with Crippen LogP contribution >= 0.6 is 0 Å². The summed E-state index contributed by atoms with van der Waals surface area (Å²) < 4.78 is 0. The lowest BCUT2D eigenvalue weighted by atomic mass is 10.0. The van der Waals surface area contributed by atoms with E-state index in [0.717, 1.165) is 12.8 Å². The smallest absolute Gasteiger partial charge is 0.303 e. The predicted octanol–water partition coefficient (Wildman–Crippen LogP) is 7.23. The number of hydrogen-bond acceptors (Lipinski definition) is 4. The Hall–Kier alpha value is -0.650. The van der Waals surface area contributed by atoms with E-state index >= 15 is 0 Å². The van der Waals surface area contributed by atoms with Crippen molar-refractivity contribution in [2.45, 2.75) is 148 Å². The summed E-state index contributed by atoms with van der Waals surface area (Å²) in [6.45, 7) is 3.71. The molecule has 0 amide bonds. The fraction of sp³-hybridized carbons (Fsp3) is 0.964. The Balaban J connectivity index is 0. The number of nitrogens with one attached hydrogen (secondary N) is 1. The molecule has 0 saturated heterocycles. The first-order valence-electron chi connectivity index (χ1n) is 14.3. The second-order valence-corrected chi connectivity index (χ2v) is 9.41. The highest BCUT2D eigenvalue weighted by molar-refractivity contribution is 5.66. The fourth-order valence-electron chi connectivity index (χ4n) is 3.99. The second-order valence-electron chi connectivity index (χ2n) is 9.41. The molecule has 0 heterocycles. The summed E-state index contributed by atoms with van der Waals surface area (Å²) in [5.74, 6) is -0.650. The number of hydrogen-bond donors (Lipinski definition) is 4. The Kier molecular flexibility index (Phi) is 35.1. The van der Waals surface area contributed by atoms with E-state index in [1.54, 1.807) is 0 Å². The van der Waals surface area contributed by atoms with Crippen molar-refractivity contribution >= 4 is 5.97 Å². The van der Waals surface area contributed by atoms with Crippen molar-refractivity contribution in [3.05, 3.63) is 0 Å². The van der Waals surface area contributed by atoms with Crippen molar-refractivity contribution in [1.29, 1.82) is 0 Å². The number of carboxylic acids is 1.